The second-order valence-corrected chi connectivity index (χ2v) is 6.61. The van der Waals surface area contributed by atoms with E-state index in [0.717, 1.165) is 21.1 Å². The second kappa shape index (κ2) is 7.11. The molecule has 2 amide bonds. The Morgan fingerprint density at radius 1 is 1.12 bits per heavy atom. The molecular weight excluding hydrogens is 382 g/mol. The third-order valence-electron chi connectivity index (χ3n) is 4.18. The van der Waals surface area contributed by atoms with Crippen LogP contribution in [-0.2, 0) is 16.1 Å². The van der Waals surface area contributed by atoms with E-state index in [-0.39, 0.29) is 12.5 Å². The monoisotopic (exact) mass is 399 g/mol. The van der Waals surface area contributed by atoms with Crippen molar-refractivity contribution in [1.82, 2.24) is 9.88 Å². The van der Waals surface area contributed by atoms with Crippen molar-refractivity contribution in [3.8, 4) is 0 Å². The summed E-state index contributed by atoms with van der Waals surface area (Å²) in [5, 5.41) is 3.78. The van der Waals surface area contributed by atoms with Gasteiger partial charge in [-0.25, -0.2) is 0 Å². The first-order valence-corrected chi connectivity index (χ1v) is 8.65. The molecule has 2 aromatic carbocycles. The molecule has 0 aliphatic rings. The first-order chi connectivity index (χ1) is 12.0. The number of nitrogens with one attached hydrogen (secondary N) is 1. The summed E-state index contributed by atoms with van der Waals surface area (Å²) in [5.74, 6) is -0.862. The van der Waals surface area contributed by atoms with E-state index in [1.165, 1.54) is 0 Å². The molecule has 0 spiro atoms. The van der Waals surface area contributed by atoms with Crippen molar-refractivity contribution in [1.29, 1.82) is 0 Å². The molecule has 25 heavy (non-hydrogen) atoms. The number of nitrogens with two attached hydrogens (primary N) is 1. The molecule has 0 bridgehead atoms. The highest BCUT2D eigenvalue weighted by atomic mass is 79.9. The number of rotatable bonds is 5. The Balaban J connectivity index is 1.85. The Morgan fingerprint density at radius 2 is 1.76 bits per heavy atom. The summed E-state index contributed by atoms with van der Waals surface area (Å²) in [4.78, 5) is 24.3. The van der Waals surface area contributed by atoms with Gasteiger partial charge in [0.05, 0.1) is 0 Å². The zero-order chi connectivity index (χ0) is 18.0. The zero-order valence-corrected chi connectivity index (χ0v) is 15.3. The van der Waals surface area contributed by atoms with Crippen molar-refractivity contribution in [3.63, 3.8) is 0 Å². The van der Waals surface area contributed by atoms with Gasteiger partial charge in [0, 0.05) is 21.1 Å². The molecule has 1 aromatic heterocycles. The maximum atomic E-state index is 12.6. The van der Waals surface area contributed by atoms with Gasteiger partial charge in [-0.3, -0.25) is 9.59 Å². The zero-order valence-electron chi connectivity index (χ0n) is 13.7. The number of primary amides is 1. The van der Waals surface area contributed by atoms with E-state index in [4.69, 9.17) is 5.73 Å². The number of fused-ring (bicyclic) bond motifs is 1. The minimum atomic E-state index is -0.848. The van der Waals surface area contributed by atoms with Crippen LogP contribution in [0.4, 0.5) is 0 Å². The Hall–Kier alpha value is -2.60. The molecule has 1 heterocycles. The van der Waals surface area contributed by atoms with Gasteiger partial charge in [-0.15, -0.1) is 0 Å². The number of carbonyl (C=O) groups is 2. The molecule has 1 atom stereocenters. The molecule has 0 saturated heterocycles. The number of aromatic nitrogens is 1. The van der Waals surface area contributed by atoms with Crippen molar-refractivity contribution in [2.24, 2.45) is 5.73 Å². The molecule has 0 aliphatic carbocycles. The van der Waals surface area contributed by atoms with Crippen LogP contribution < -0.4 is 11.1 Å². The quantitative estimate of drug-likeness (QED) is 0.691. The van der Waals surface area contributed by atoms with Gasteiger partial charge in [0.2, 0.25) is 11.8 Å². The molecule has 1 unspecified atom stereocenters. The van der Waals surface area contributed by atoms with Crippen LogP contribution in [0.25, 0.3) is 10.9 Å². The summed E-state index contributed by atoms with van der Waals surface area (Å²) < 4.78 is 2.88. The van der Waals surface area contributed by atoms with Gasteiger partial charge in [0.1, 0.15) is 12.6 Å². The minimum absolute atomic E-state index is 0.106. The van der Waals surface area contributed by atoms with Crippen LogP contribution in [0, 0.1) is 6.92 Å². The third kappa shape index (κ3) is 3.44. The highest BCUT2D eigenvalue weighted by Gasteiger charge is 2.21. The van der Waals surface area contributed by atoms with E-state index < -0.39 is 11.9 Å². The lowest BCUT2D eigenvalue weighted by Gasteiger charge is -2.17. The molecule has 3 rings (SSSR count). The van der Waals surface area contributed by atoms with E-state index in [1.54, 1.807) is 24.3 Å². The van der Waals surface area contributed by atoms with E-state index >= 15 is 0 Å². The highest BCUT2D eigenvalue weighted by molar-refractivity contribution is 9.10. The Morgan fingerprint density at radius 3 is 2.44 bits per heavy atom. The molecule has 3 N–H and O–H groups in total. The van der Waals surface area contributed by atoms with Crippen molar-refractivity contribution >= 4 is 38.6 Å². The summed E-state index contributed by atoms with van der Waals surface area (Å²) in [7, 11) is 0. The Bertz CT molecular complexity index is 934. The van der Waals surface area contributed by atoms with Gasteiger partial charge < -0.3 is 15.6 Å². The standard InChI is InChI=1S/C19H18BrN3O2/c1-12-17(20)14-9-5-6-10-15(14)23(12)11-16(24)22-18(19(21)25)13-7-3-2-4-8-13/h2-10,18H,11H2,1H3,(H2,21,25)(H,22,24). The number of benzene rings is 2. The first kappa shape index (κ1) is 17.2. The maximum Gasteiger partial charge on any atom is 0.244 e. The van der Waals surface area contributed by atoms with Crippen LogP contribution in [0.1, 0.15) is 17.3 Å². The Labute approximate surface area is 153 Å². The largest absolute Gasteiger partial charge is 0.368 e. The number of hydrogen-bond acceptors (Lipinski definition) is 2. The molecule has 0 radical (unpaired) electrons. The number of amides is 2. The van der Waals surface area contributed by atoms with Crippen molar-refractivity contribution < 1.29 is 9.59 Å². The number of para-hydroxylation sites is 1. The van der Waals surface area contributed by atoms with Gasteiger partial charge in [-0.05, 0) is 34.5 Å². The topological polar surface area (TPSA) is 77.1 Å². The minimum Gasteiger partial charge on any atom is -0.368 e. The lowest BCUT2D eigenvalue weighted by molar-refractivity contribution is -0.127. The molecular formula is C19H18BrN3O2. The predicted octanol–water partition coefficient (Wildman–Crippen LogP) is 3.06. The smallest absolute Gasteiger partial charge is 0.244 e. The van der Waals surface area contributed by atoms with Crippen molar-refractivity contribution in [3.05, 3.63) is 70.3 Å². The second-order valence-electron chi connectivity index (χ2n) is 5.82. The summed E-state index contributed by atoms with van der Waals surface area (Å²) >= 11 is 3.58. The molecule has 3 aromatic rings. The predicted molar refractivity (Wildman–Crippen MR) is 101 cm³/mol. The van der Waals surface area contributed by atoms with Gasteiger partial charge in [0.15, 0.2) is 0 Å². The normalized spacial score (nSPS) is 12.1. The Kier molecular flexibility index (Phi) is 4.90. The summed E-state index contributed by atoms with van der Waals surface area (Å²) in [6.45, 7) is 2.05. The van der Waals surface area contributed by atoms with Crippen LogP contribution in [0.3, 0.4) is 0 Å². The van der Waals surface area contributed by atoms with Crippen molar-refractivity contribution in [2.75, 3.05) is 0 Å². The van der Waals surface area contributed by atoms with Gasteiger partial charge in [0.25, 0.3) is 0 Å². The van der Waals surface area contributed by atoms with E-state index in [9.17, 15) is 9.59 Å². The molecule has 0 saturated carbocycles. The lowest BCUT2D eigenvalue weighted by atomic mass is 10.1. The van der Waals surface area contributed by atoms with Crippen LogP contribution in [0.15, 0.2) is 59.1 Å². The summed E-state index contributed by atoms with van der Waals surface area (Å²) in [6.07, 6.45) is 0. The maximum absolute atomic E-state index is 12.6. The first-order valence-electron chi connectivity index (χ1n) is 7.86. The number of nitrogens with zero attached hydrogens (tertiary/aromatic N) is 1. The molecule has 0 aliphatic heterocycles. The SMILES string of the molecule is Cc1c(Br)c2ccccc2n1CC(=O)NC(C(N)=O)c1ccccc1. The average Bonchev–Trinajstić information content (AvgIpc) is 2.85. The van der Waals surface area contributed by atoms with Crippen molar-refractivity contribution in [2.45, 2.75) is 19.5 Å². The van der Waals surface area contributed by atoms with Gasteiger partial charge in [-0.1, -0.05) is 48.5 Å². The number of hydrogen-bond donors (Lipinski definition) is 2. The average molecular weight is 400 g/mol. The number of carbonyl (C=O) groups excluding carboxylic acids is 2. The lowest BCUT2D eigenvalue weighted by Crippen LogP contribution is -2.39. The molecule has 6 heteroatoms. The van der Waals surface area contributed by atoms with E-state index in [2.05, 4.69) is 21.2 Å². The van der Waals surface area contributed by atoms with Crippen LogP contribution in [0.5, 0.6) is 0 Å². The highest BCUT2D eigenvalue weighted by Crippen LogP contribution is 2.30. The molecule has 0 fully saturated rings. The summed E-state index contributed by atoms with van der Waals surface area (Å²) in [6, 6.07) is 16.0. The fourth-order valence-electron chi connectivity index (χ4n) is 2.91. The fraction of sp³-hybridized carbons (Fsp3) is 0.158. The van der Waals surface area contributed by atoms with E-state index in [0.29, 0.717) is 5.56 Å². The van der Waals surface area contributed by atoms with Crippen LogP contribution >= 0.6 is 15.9 Å². The van der Waals surface area contributed by atoms with Gasteiger partial charge in [-0.2, -0.15) is 0 Å². The van der Waals surface area contributed by atoms with Crippen LogP contribution in [-0.4, -0.2) is 16.4 Å². The van der Waals surface area contributed by atoms with Gasteiger partial charge >= 0.3 is 0 Å². The molecule has 128 valence electrons. The molecule has 5 nitrogen and oxygen atoms in total. The third-order valence-corrected chi connectivity index (χ3v) is 5.18. The van der Waals surface area contributed by atoms with Crippen LogP contribution in [0.2, 0.25) is 0 Å². The van der Waals surface area contributed by atoms with E-state index in [1.807, 2.05) is 41.8 Å². The summed E-state index contributed by atoms with van der Waals surface area (Å²) in [5.41, 5.74) is 8.04. The fourth-order valence-corrected chi connectivity index (χ4v) is 3.46. The number of halogens is 1.